The topological polar surface area (TPSA) is 75.4 Å². The summed E-state index contributed by atoms with van der Waals surface area (Å²) in [6.45, 7) is 9.10. The minimum atomic E-state index is -3.72. The Bertz CT molecular complexity index is 566. The summed E-state index contributed by atoms with van der Waals surface area (Å²) < 4.78 is 40.0. The van der Waals surface area contributed by atoms with Crippen molar-refractivity contribution in [2.45, 2.75) is 44.7 Å². The fourth-order valence-corrected chi connectivity index (χ4v) is 3.21. The number of benzene rings is 1. The molecule has 1 rings (SSSR count). The van der Waals surface area contributed by atoms with Crippen molar-refractivity contribution in [2.24, 2.45) is 0 Å². The van der Waals surface area contributed by atoms with Crippen molar-refractivity contribution in [3.8, 4) is 0 Å². The van der Waals surface area contributed by atoms with E-state index in [4.69, 9.17) is 5.73 Å². The van der Waals surface area contributed by atoms with Gasteiger partial charge in [-0.3, -0.25) is 4.90 Å². The lowest BCUT2D eigenvalue weighted by Crippen LogP contribution is -2.42. The van der Waals surface area contributed by atoms with E-state index in [1.165, 1.54) is 12.1 Å². The molecule has 3 N–H and O–H groups in total. The van der Waals surface area contributed by atoms with Crippen LogP contribution in [0.4, 0.5) is 10.1 Å². The molecule has 0 aromatic heterocycles. The molecule has 0 aliphatic rings. The predicted molar refractivity (Wildman–Crippen MR) is 83.0 cm³/mol. The first-order chi connectivity index (χ1) is 9.65. The summed E-state index contributed by atoms with van der Waals surface area (Å²) in [4.78, 5) is 2.06. The van der Waals surface area contributed by atoms with E-state index >= 15 is 0 Å². The minimum Gasteiger partial charge on any atom is -0.396 e. The largest absolute Gasteiger partial charge is 0.396 e. The van der Waals surface area contributed by atoms with Crippen LogP contribution in [0, 0.1) is 5.82 Å². The zero-order chi connectivity index (χ0) is 16.2. The lowest BCUT2D eigenvalue weighted by molar-refractivity contribution is 0.179. The molecule has 0 amide bonds. The number of anilines is 1. The Labute approximate surface area is 126 Å². The van der Waals surface area contributed by atoms with E-state index in [2.05, 4.69) is 37.3 Å². The van der Waals surface area contributed by atoms with Crippen LogP contribution in [0.5, 0.6) is 0 Å². The summed E-state index contributed by atoms with van der Waals surface area (Å²) in [5.41, 5.74) is 5.27. The van der Waals surface area contributed by atoms with Gasteiger partial charge < -0.3 is 5.73 Å². The molecular formula is C14H24FN3O2S. The van der Waals surface area contributed by atoms with Crippen molar-refractivity contribution >= 4 is 15.7 Å². The Kier molecular flexibility index (Phi) is 6.12. The molecule has 0 aliphatic heterocycles. The lowest BCUT2D eigenvalue weighted by atomic mass is 10.2. The van der Waals surface area contributed by atoms with E-state index in [0.29, 0.717) is 18.6 Å². The standard InChI is InChI=1S/C14H24FN3O2S/c1-10(2)18(11(3)4)8-7-17-21(19,20)12-5-6-14(16)13(15)9-12/h5-6,9-11,17H,7-8,16H2,1-4H3. The highest BCUT2D eigenvalue weighted by Gasteiger charge is 2.17. The maximum absolute atomic E-state index is 13.3. The van der Waals surface area contributed by atoms with Gasteiger partial charge >= 0.3 is 0 Å². The normalized spacial score (nSPS) is 12.6. The molecule has 21 heavy (non-hydrogen) atoms. The average Bonchev–Trinajstić information content (AvgIpc) is 2.36. The molecule has 0 fully saturated rings. The number of rotatable bonds is 7. The zero-order valence-electron chi connectivity index (χ0n) is 12.9. The third-order valence-corrected chi connectivity index (χ3v) is 4.73. The molecule has 0 aliphatic carbocycles. The van der Waals surface area contributed by atoms with Crippen LogP contribution in [0.1, 0.15) is 27.7 Å². The highest BCUT2D eigenvalue weighted by atomic mass is 32.2. The van der Waals surface area contributed by atoms with Crippen LogP contribution in [-0.2, 0) is 10.0 Å². The van der Waals surface area contributed by atoms with E-state index in [1.54, 1.807) is 0 Å². The number of halogens is 1. The van der Waals surface area contributed by atoms with E-state index < -0.39 is 15.8 Å². The van der Waals surface area contributed by atoms with Crippen LogP contribution < -0.4 is 10.5 Å². The first kappa shape index (κ1) is 17.9. The number of nitrogen functional groups attached to an aromatic ring is 1. The lowest BCUT2D eigenvalue weighted by Gasteiger charge is -2.30. The highest BCUT2D eigenvalue weighted by molar-refractivity contribution is 7.89. The molecule has 0 heterocycles. The van der Waals surface area contributed by atoms with Crippen LogP contribution in [0.2, 0.25) is 0 Å². The molecule has 0 bridgehead atoms. The van der Waals surface area contributed by atoms with Crippen molar-refractivity contribution < 1.29 is 12.8 Å². The van der Waals surface area contributed by atoms with E-state index in [0.717, 1.165) is 6.07 Å². The van der Waals surface area contributed by atoms with Crippen molar-refractivity contribution in [3.05, 3.63) is 24.0 Å². The third-order valence-electron chi connectivity index (χ3n) is 3.27. The maximum atomic E-state index is 13.3. The molecular weight excluding hydrogens is 293 g/mol. The summed E-state index contributed by atoms with van der Waals surface area (Å²) in [6.07, 6.45) is 0. The van der Waals surface area contributed by atoms with Gasteiger partial charge in [-0.2, -0.15) is 0 Å². The first-order valence-corrected chi connectivity index (χ1v) is 8.44. The van der Waals surface area contributed by atoms with Gasteiger partial charge in [-0.05, 0) is 45.9 Å². The minimum absolute atomic E-state index is 0.0697. The Balaban J connectivity index is 2.71. The fourth-order valence-electron chi connectivity index (χ4n) is 2.18. The van der Waals surface area contributed by atoms with E-state index in [1.807, 2.05) is 0 Å². The van der Waals surface area contributed by atoms with Gasteiger partial charge in [0, 0.05) is 25.2 Å². The first-order valence-electron chi connectivity index (χ1n) is 6.95. The van der Waals surface area contributed by atoms with Gasteiger partial charge in [0.15, 0.2) is 0 Å². The summed E-state index contributed by atoms with van der Waals surface area (Å²) >= 11 is 0. The predicted octanol–water partition coefficient (Wildman–Crippen LogP) is 1.80. The van der Waals surface area contributed by atoms with E-state index in [-0.39, 0.29) is 17.1 Å². The summed E-state index contributed by atoms with van der Waals surface area (Å²) in [7, 11) is -3.72. The molecule has 120 valence electrons. The number of hydrogen-bond donors (Lipinski definition) is 2. The molecule has 0 saturated carbocycles. The Morgan fingerprint density at radius 2 is 1.81 bits per heavy atom. The zero-order valence-corrected chi connectivity index (χ0v) is 13.7. The van der Waals surface area contributed by atoms with Crippen LogP contribution in [0.3, 0.4) is 0 Å². The van der Waals surface area contributed by atoms with Gasteiger partial charge in [0.05, 0.1) is 10.6 Å². The second-order valence-electron chi connectivity index (χ2n) is 5.51. The van der Waals surface area contributed by atoms with Crippen LogP contribution in [-0.4, -0.2) is 38.5 Å². The maximum Gasteiger partial charge on any atom is 0.240 e. The monoisotopic (exact) mass is 317 g/mol. The van der Waals surface area contributed by atoms with Gasteiger partial charge in [-0.1, -0.05) is 0 Å². The average molecular weight is 317 g/mol. The third kappa shape index (κ3) is 4.94. The molecule has 0 unspecified atom stereocenters. The van der Waals surface area contributed by atoms with Gasteiger partial charge in [-0.15, -0.1) is 0 Å². The highest BCUT2D eigenvalue weighted by Crippen LogP contribution is 2.16. The summed E-state index contributed by atoms with van der Waals surface area (Å²) in [5.74, 6) is -0.733. The molecule has 1 aromatic carbocycles. The molecule has 0 radical (unpaired) electrons. The van der Waals surface area contributed by atoms with Crippen molar-refractivity contribution in [1.29, 1.82) is 0 Å². The van der Waals surface area contributed by atoms with Crippen LogP contribution >= 0.6 is 0 Å². The van der Waals surface area contributed by atoms with Gasteiger partial charge in [-0.25, -0.2) is 17.5 Å². The fraction of sp³-hybridized carbons (Fsp3) is 0.571. The number of nitrogens with zero attached hydrogens (tertiary/aromatic N) is 1. The second kappa shape index (κ2) is 7.20. The van der Waals surface area contributed by atoms with E-state index in [9.17, 15) is 12.8 Å². The molecule has 0 saturated heterocycles. The molecule has 7 heteroatoms. The van der Waals surface area contributed by atoms with Crippen molar-refractivity contribution in [2.75, 3.05) is 18.8 Å². The Morgan fingerprint density at radius 1 is 1.24 bits per heavy atom. The number of hydrogen-bond acceptors (Lipinski definition) is 4. The van der Waals surface area contributed by atoms with Crippen molar-refractivity contribution in [3.63, 3.8) is 0 Å². The number of sulfonamides is 1. The quantitative estimate of drug-likeness (QED) is 0.752. The Hall–Kier alpha value is -1.18. The molecule has 1 aromatic rings. The van der Waals surface area contributed by atoms with Crippen molar-refractivity contribution in [1.82, 2.24) is 9.62 Å². The number of nitrogens with two attached hydrogens (primary N) is 1. The molecule has 0 spiro atoms. The van der Waals surface area contributed by atoms with Gasteiger partial charge in [0.25, 0.3) is 0 Å². The Morgan fingerprint density at radius 3 is 2.29 bits per heavy atom. The molecule has 0 atom stereocenters. The summed E-state index contributed by atoms with van der Waals surface area (Å²) in [6, 6.07) is 4.12. The smallest absolute Gasteiger partial charge is 0.240 e. The van der Waals surface area contributed by atoms with Crippen LogP contribution in [0.15, 0.2) is 23.1 Å². The number of nitrogens with one attached hydrogen (secondary N) is 1. The summed E-state index contributed by atoms with van der Waals surface area (Å²) in [5, 5.41) is 0. The second-order valence-corrected chi connectivity index (χ2v) is 7.27. The van der Waals surface area contributed by atoms with Crippen LogP contribution in [0.25, 0.3) is 0 Å². The van der Waals surface area contributed by atoms with Gasteiger partial charge in [0.1, 0.15) is 5.82 Å². The van der Waals surface area contributed by atoms with Gasteiger partial charge in [0.2, 0.25) is 10.0 Å². The SMILES string of the molecule is CC(C)N(CCNS(=O)(=O)c1ccc(N)c(F)c1)C(C)C. The molecule has 5 nitrogen and oxygen atoms in total.